The van der Waals surface area contributed by atoms with Gasteiger partial charge in [-0.05, 0) is 31.0 Å². The van der Waals surface area contributed by atoms with Gasteiger partial charge >= 0.3 is 11.8 Å². The van der Waals surface area contributed by atoms with Gasteiger partial charge in [-0.25, -0.2) is 0 Å². The van der Waals surface area contributed by atoms with Gasteiger partial charge < -0.3 is 15.1 Å². The molecule has 1 aliphatic heterocycles. The van der Waals surface area contributed by atoms with Crippen molar-refractivity contribution in [3.63, 3.8) is 0 Å². The van der Waals surface area contributed by atoms with Crippen LogP contribution in [-0.4, -0.2) is 48.9 Å². The van der Waals surface area contributed by atoms with Crippen molar-refractivity contribution in [3.8, 4) is 0 Å². The van der Waals surface area contributed by atoms with Crippen LogP contribution in [0.15, 0.2) is 24.3 Å². The number of anilines is 1. The number of halogens is 1. The van der Waals surface area contributed by atoms with Crippen LogP contribution in [0, 0.1) is 0 Å². The Bertz CT molecular complexity index is 606. The molecule has 1 aliphatic carbocycles. The van der Waals surface area contributed by atoms with Crippen LogP contribution in [0.3, 0.4) is 0 Å². The van der Waals surface area contributed by atoms with E-state index in [0.29, 0.717) is 31.2 Å². The van der Waals surface area contributed by atoms with Gasteiger partial charge in [-0.1, -0.05) is 43.4 Å². The van der Waals surface area contributed by atoms with Crippen LogP contribution in [0.2, 0.25) is 5.02 Å². The van der Waals surface area contributed by atoms with Crippen LogP contribution in [0.4, 0.5) is 5.69 Å². The fourth-order valence-electron chi connectivity index (χ4n) is 3.66. The Morgan fingerprint density at radius 1 is 1.00 bits per heavy atom. The Morgan fingerprint density at radius 2 is 1.68 bits per heavy atom. The molecule has 2 fully saturated rings. The first kappa shape index (κ1) is 18.1. The van der Waals surface area contributed by atoms with E-state index < -0.39 is 11.8 Å². The van der Waals surface area contributed by atoms with Gasteiger partial charge in [0.25, 0.3) is 0 Å². The SMILES string of the molecule is O=C(NC1CCCCCC1)C(=O)N1CCN(c2cccc(Cl)c2)CC1. The van der Waals surface area contributed by atoms with Gasteiger partial charge in [-0.2, -0.15) is 0 Å². The molecular weight excluding hydrogens is 338 g/mol. The van der Waals surface area contributed by atoms with Crippen molar-refractivity contribution < 1.29 is 9.59 Å². The quantitative estimate of drug-likeness (QED) is 0.649. The van der Waals surface area contributed by atoms with E-state index in [-0.39, 0.29) is 6.04 Å². The topological polar surface area (TPSA) is 52.7 Å². The van der Waals surface area contributed by atoms with E-state index in [1.807, 2.05) is 24.3 Å². The van der Waals surface area contributed by atoms with Gasteiger partial charge in [0, 0.05) is 42.9 Å². The van der Waals surface area contributed by atoms with Gasteiger partial charge in [0.2, 0.25) is 0 Å². The standard InChI is InChI=1S/C19H26ClN3O2/c20-15-6-5-9-17(14-15)22-10-12-23(13-11-22)19(25)18(24)21-16-7-3-1-2-4-8-16/h5-6,9,14,16H,1-4,7-8,10-13H2,(H,21,24). The molecule has 136 valence electrons. The molecule has 25 heavy (non-hydrogen) atoms. The van der Waals surface area contributed by atoms with Crippen LogP contribution < -0.4 is 10.2 Å². The summed E-state index contributed by atoms with van der Waals surface area (Å²) in [6.07, 6.45) is 6.70. The van der Waals surface area contributed by atoms with Crippen LogP contribution in [0.25, 0.3) is 0 Å². The van der Waals surface area contributed by atoms with Crippen molar-refractivity contribution in [2.24, 2.45) is 0 Å². The third-order valence-corrected chi connectivity index (χ3v) is 5.36. The first-order chi connectivity index (χ1) is 12.1. The summed E-state index contributed by atoms with van der Waals surface area (Å²) in [6.45, 7) is 2.54. The van der Waals surface area contributed by atoms with Crippen LogP contribution in [0.5, 0.6) is 0 Å². The van der Waals surface area contributed by atoms with E-state index >= 15 is 0 Å². The third-order valence-electron chi connectivity index (χ3n) is 5.12. The molecule has 3 rings (SSSR count). The van der Waals surface area contributed by atoms with E-state index in [1.54, 1.807) is 4.90 Å². The van der Waals surface area contributed by atoms with E-state index in [4.69, 9.17) is 11.6 Å². The number of amides is 2. The first-order valence-electron chi connectivity index (χ1n) is 9.24. The summed E-state index contributed by atoms with van der Waals surface area (Å²) >= 11 is 6.04. The zero-order valence-electron chi connectivity index (χ0n) is 14.5. The van der Waals surface area contributed by atoms with Gasteiger partial charge in [-0.15, -0.1) is 0 Å². The van der Waals surface area contributed by atoms with Crippen LogP contribution in [-0.2, 0) is 9.59 Å². The van der Waals surface area contributed by atoms with Gasteiger partial charge in [0.1, 0.15) is 0 Å². The average Bonchev–Trinajstić information content (AvgIpc) is 2.90. The van der Waals surface area contributed by atoms with Crippen LogP contribution >= 0.6 is 11.6 Å². The minimum atomic E-state index is -0.442. The Balaban J connectivity index is 1.49. The summed E-state index contributed by atoms with van der Waals surface area (Å²) in [4.78, 5) is 28.6. The summed E-state index contributed by atoms with van der Waals surface area (Å²) in [5.41, 5.74) is 1.06. The molecule has 0 atom stereocenters. The molecule has 0 radical (unpaired) electrons. The summed E-state index contributed by atoms with van der Waals surface area (Å²) < 4.78 is 0. The van der Waals surface area contributed by atoms with Crippen LogP contribution in [0.1, 0.15) is 38.5 Å². The van der Waals surface area contributed by atoms with Crippen molar-refractivity contribution in [1.82, 2.24) is 10.2 Å². The molecule has 1 saturated heterocycles. The molecule has 1 aromatic carbocycles. The molecule has 1 aromatic rings. The number of rotatable bonds is 2. The van der Waals surface area contributed by atoms with Crippen molar-refractivity contribution in [1.29, 1.82) is 0 Å². The number of carbonyl (C=O) groups is 2. The Hall–Kier alpha value is -1.75. The number of piperazine rings is 1. The highest BCUT2D eigenvalue weighted by atomic mass is 35.5. The maximum Gasteiger partial charge on any atom is 0.312 e. The zero-order chi connectivity index (χ0) is 17.6. The molecule has 2 aliphatic rings. The second-order valence-corrected chi connectivity index (χ2v) is 7.36. The number of hydrogen-bond acceptors (Lipinski definition) is 3. The Morgan fingerprint density at radius 3 is 2.32 bits per heavy atom. The highest BCUT2D eigenvalue weighted by Gasteiger charge is 2.27. The number of nitrogens with zero attached hydrogens (tertiary/aromatic N) is 2. The Labute approximate surface area is 154 Å². The predicted octanol–water partition coefficient (Wildman–Crippen LogP) is 2.83. The predicted molar refractivity (Wildman–Crippen MR) is 99.9 cm³/mol. The molecule has 5 nitrogen and oxygen atoms in total. The monoisotopic (exact) mass is 363 g/mol. The van der Waals surface area contributed by atoms with Gasteiger partial charge in [0.05, 0.1) is 0 Å². The first-order valence-corrected chi connectivity index (χ1v) is 9.61. The minimum Gasteiger partial charge on any atom is -0.368 e. The molecule has 6 heteroatoms. The highest BCUT2D eigenvalue weighted by Crippen LogP contribution is 2.21. The zero-order valence-corrected chi connectivity index (χ0v) is 15.3. The largest absolute Gasteiger partial charge is 0.368 e. The van der Waals surface area contributed by atoms with E-state index in [0.717, 1.165) is 31.4 Å². The summed E-state index contributed by atoms with van der Waals surface area (Å²) in [6, 6.07) is 7.88. The molecule has 0 spiro atoms. The maximum atomic E-state index is 12.4. The van der Waals surface area contributed by atoms with E-state index in [1.165, 1.54) is 12.8 Å². The van der Waals surface area contributed by atoms with Crippen molar-refractivity contribution in [2.75, 3.05) is 31.1 Å². The second-order valence-electron chi connectivity index (χ2n) is 6.92. The molecular formula is C19H26ClN3O2. The summed E-state index contributed by atoms with van der Waals surface area (Å²) in [5.74, 6) is -0.835. The van der Waals surface area contributed by atoms with Crippen molar-refractivity contribution in [2.45, 2.75) is 44.6 Å². The molecule has 2 amide bonds. The maximum absolute atomic E-state index is 12.4. The van der Waals surface area contributed by atoms with Gasteiger partial charge in [-0.3, -0.25) is 9.59 Å². The molecule has 1 saturated carbocycles. The summed E-state index contributed by atoms with van der Waals surface area (Å²) in [7, 11) is 0. The van der Waals surface area contributed by atoms with Crippen molar-refractivity contribution in [3.05, 3.63) is 29.3 Å². The fourth-order valence-corrected chi connectivity index (χ4v) is 3.84. The lowest BCUT2D eigenvalue weighted by Gasteiger charge is -2.36. The Kier molecular flexibility index (Phi) is 6.19. The second kappa shape index (κ2) is 8.56. The lowest BCUT2D eigenvalue weighted by molar-refractivity contribution is -0.146. The fraction of sp³-hybridized carbons (Fsp3) is 0.579. The van der Waals surface area contributed by atoms with Crippen molar-refractivity contribution >= 4 is 29.1 Å². The lowest BCUT2D eigenvalue weighted by Crippen LogP contribution is -2.53. The number of benzene rings is 1. The number of hydrogen-bond donors (Lipinski definition) is 1. The minimum absolute atomic E-state index is 0.159. The molecule has 0 bridgehead atoms. The number of nitrogens with one attached hydrogen (secondary N) is 1. The average molecular weight is 364 g/mol. The smallest absolute Gasteiger partial charge is 0.312 e. The number of carbonyl (C=O) groups excluding carboxylic acids is 2. The third kappa shape index (κ3) is 4.88. The highest BCUT2D eigenvalue weighted by molar-refractivity contribution is 6.35. The van der Waals surface area contributed by atoms with E-state index in [2.05, 4.69) is 10.2 Å². The molecule has 0 unspecified atom stereocenters. The normalized spacial score (nSPS) is 19.4. The molecule has 0 aromatic heterocycles. The summed E-state index contributed by atoms with van der Waals surface area (Å²) in [5, 5.41) is 3.65. The van der Waals surface area contributed by atoms with Gasteiger partial charge in [0.15, 0.2) is 0 Å². The lowest BCUT2D eigenvalue weighted by atomic mass is 10.1. The molecule has 1 N–H and O–H groups in total. The van der Waals surface area contributed by atoms with E-state index in [9.17, 15) is 9.59 Å². The molecule has 1 heterocycles.